The van der Waals surface area contributed by atoms with Gasteiger partial charge in [0.05, 0.1) is 28.7 Å². The van der Waals surface area contributed by atoms with E-state index in [1.165, 1.54) is 0 Å². The third-order valence-electron chi connectivity index (χ3n) is 2.08. The number of rotatable bonds is 6. The Labute approximate surface area is 104 Å². The highest BCUT2D eigenvalue weighted by atomic mass is 79.9. The molecule has 0 aliphatic rings. The molecular weight excluding hydrogens is 296 g/mol. The van der Waals surface area contributed by atoms with Crippen LogP contribution in [0.1, 0.15) is 6.92 Å². The summed E-state index contributed by atoms with van der Waals surface area (Å²) in [6.45, 7) is 1.95. The molecule has 7 heteroatoms. The Balaban J connectivity index is 2.48. The number of halogens is 1. The standard InChI is InChI=1S/C9H15BrN2O3S/c1-8(6-13)7-16(14,15)3-2-12-5-9(10)4-11-12/h4-5,8,13H,2-3,6-7H2,1H3. The molecule has 0 aliphatic heterocycles. The molecule has 0 amide bonds. The minimum atomic E-state index is -3.12. The van der Waals surface area contributed by atoms with E-state index in [9.17, 15) is 8.42 Å². The fourth-order valence-corrected chi connectivity index (χ4v) is 3.19. The molecule has 1 N–H and O–H groups in total. The van der Waals surface area contributed by atoms with Crippen molar-refractivity contribution in [2.75, 3.05) is 18.1 Å². The van der Waals surface area contributed by atoms with Gasteiger partial charge in [-0.3, -0.25) is 4.68 Å². The summed E-state index contributed by atoms with van der Waals surface area (Å²) in [5, 5.41) is 12.8. The molecule has 0 saturated carbocycles. The molecule has 0 bridgehead atoms. The van der Waals surface area contributed by atoms with E-state index in [0.717, 1.165) is 4.47 Å². The van der Waals surface area contributed by atoms with Crippen molar-refractivity contribution in [3.63, 3.8) is 0 Å². The van der Waals surface area contributed by atoms with Gasteiger partial charge < -0.3 is 5.11 Å². The summed E-state index contributed by atoms with van der Waals surface area (Å²) < 4.78 is 25.6. The van der Waals surface area contributed by atoms with E-state index in [-0.39, 0.29) is 24.0 Å². The zero-order valence-corrected chi connectivity index (χ0v) is 11.4. The smallest absolute Gasteiger partial charge is 0.152 e. The minimum absolute atomic E-state index is 0.0198. The van der Waals surface area contributed by atoms with E-state index in [0.29, 0.717) is 6.54 Å². The van der Waals surface area contributed by atoms with Gasteiger partial charge in [-0.2, -0.15) is 5.10 Å². The van der Waals surface area contributed by atoms with Crippen molar-refractivity contribution in [2.24, 2.45) is 5.92 Å². The number of hydrogen-bond acceptors (Lipinski definition) is 4. The maximum Gasteiger partial charge on any atom is 0.152 e. The third kappa shape index (κ3) is 4.63. The van der Waals surface area contributed by atoms with Gasteiger partial charge >= 0.3 is 0 Å². The van der Waals surface area contributed by atoms with E-state index < -0.39 is 9.84 Å². The molecule has 0 aromatic carbocycles. The van der Waals surface area contributed by atoms with Crippen LogP contribution in [0.5, 0.6) is 0 Å². The van der Waals surface area contributed by atoms with E-state index >= 15 is 0 Å². The number of sulfone groups is 1. The largest absolute Gasteiger partial charge is 0.396 e. The molecule has 0 fully saturated rings. The quantitative estimate of drug-likeness (QED) is 0.839. The van der Waals surface area contributed by atoms with Gasteiger partial charge in [0, 0.05) is 12.8 Å². The first-order valence-electron chi connectivity index (χ1n) is 4.92. The van der Waals surface area contributed by atoms with Crippen LogP contribution in [0.4, 0.5) is 0 Å². The first kappa shape index (κ1) is 13.7. The number of nitrogens with zero attached hydrogens (tertiary/aromatic N) is 2. The van der Waals surface area contributed by atoms with Gasteiger partial charge in [0.25, 0.3) is 0 Å². The van der Waals surface area contributed by atoms with Crippen LogP contribution in [0, 0.1) is 5.92 Å². The van der Waals surface area contributed by atoms with Gasteiger partial charge in [-0.1, -0.05) is 6.92 Å². The molecule has 1 aromatic rings. The first-order chi connectivity index (χ1) is 7.43. The predicted octanol–water partition coefficient (Wildman–Crippen LogP) is 0.689. The van der Waals surface area contributed by atoms with Gasteiger partial charge in [-0.05, 0) is 21.8 Å². The second-order valence-electron chi connectivity index (χ2n) is 3.82. The second-order valence-corrected chi connectivity index (χ2v) is 6.97. The van der Waals surface area contributed by atoms with E-state index in [4.69, 9.17) is 5.11 Å². The summed E-state index contributed by atoms with van der Waals surface area (Å²) in [6, 6.07) is 0. The Hall–Kier alpha value is -0.400. The van der Waals surface area contributed by atoms with Crippen molar-refractivity contribution < 1.29 is 13.5 Å². The molecule has 92 valence electrons. The summed E-state index contributed by atoms with van der Waals surface area (Å²) in [5.41, 5.74) is 0. The summed E-state index contributed by atoms with van der Waals surface area (Å²) in [5.74, 6) is -0.147. The van der Waals surface area contributed by atoms with E-state index in [1.54, 1.807) is 24.0 Å². The average molecular weight is 311 g/mol. The minimum Gasteiger partial charge on any atom is -0.396 e. The van der Waals surface area contributed by atoms with Gasteiger partial charge in [-0.15, -0.1) is 0 Å². The molecule has 1 unspecified atom stereocenters. The molecule has 1 heterocycles. The highest BCUT2D eigenvalue weighted by molar-refractivity contribution is 9.10. The van der Waals surface area contributed by atoms with Crippen LogP contribution in [0.25, 0.3) is 0 Å². The van der Waals surface area contributed by atoms with Crippen molar-refractivity contribution in [3.05, 3.63) is 16.9 Å². The zero-order valence-electron chi connectivity index (χ0n) is 9.00. The fourth-order valence-electron chi connectivity index (χ4n) is 1.26. The van der Waals surface area contributed by atoms with Crippen LogP contribution in [-0.4, -0.2) is 41.4 Å². The molecule has 0 saturated heterocycles. The summed E-state index contributed by atoms with van der Waals surface area (Å²) >= 11 is 3.24. The topological polar surface area (TPSA) is 72.2 Å². The lowest BCUT2D eigenvalue weighted by Crippen LogP contribution is -2.22. The van der Waals surface area contributed by atoms with Crippen molar-refractivity contribution >= 4 is 25.8 Å². The molecule has 0 spiro atoms. The molecule has 0 aliphatic carbocycles. The monoisotopic (exact) mass is 310 g/mol. The van der Waals surface area contributed by atoms with Crippen LogP contribution in [-0.2, 0) is 16.4 Å². The van der Waals surface area contributed by atoms with Crippen LogP contribution < -0.4 is 0 Å². The van der Waals surface area contributed by atoms with Crippen LogP contribution in [0.2, 0.25) is 0 Å². The fraction of sp³-hybridized carbons (Fsp3) is 0.667. The SMILES string of the molecule is CC(CO)CS(=O)(=O)CCn1cc(Br)cn1. The average Bonchev–Trinajstić information content (AvgIpc) is 2.61. The molecule has 1 aromatic heterocycles. The first-order valence-corrected chi connectivity index (χ1v) is 7.53. The lowest BCUT2D eigenvalue weighted by Gasteiger charge is -2.08. The van der Waals surface area contributed by atoms with Crippen molar-refractivity contribution in [3.8, 4) is 0 Å². The van der Waals surface area contributed by atoms with Gasteiger partial charge in [0.15, 0.2) is 9.84 Å². The van der Waals surface area contributed by atoms with Crippen LogP contribution in [0.15, 0.2) is 16.9 Å². The molecule has 0 radical (unpaired) electrons. The number of aromatic nitrogens is 2. The Kier molecular flexibility index (Phi) is 4.94. The highest BCUT2D eigenvalue weighted by Gasteiger charge is 2.15. The number of aliphatic hydroxyl groups is 1. The Morgan fingerprint density at radius 2 is 2.31 bits per heavy atom. The van der Waals surface area contributed by atoms with Gasteiger partial charge in [0.1, 0.15) is 0 Å². The zero-order chi connectivity index (χ0) is 12.2. The Morgan fingerprint density at radius 3 is 2.81 bits per heavy atom. The van der Waals surface area contributed by atoms with Crippen LogP contribution in [0.3, 0.4) is 0 Å². The van der Waals surface area contributed by atoms with Gasteiger partial charge in [-0.25, -0.2) is 8.42 Å². The molecule has 1 rings (SSSR count). The maximum absolute atomic E-state index is 11.6. The molecule has 1 atom stereocenters. The predicted molar refractivity (Wildman–Crippen MR) is 64.8 cm³/mol. The summed E-state index contributed by atoms with van der Waals surface area (Å²) in [6.07, 6.45) is 3.34. The summed E-state index contributed by atoms with van der Waals surface area (Å²) in [4.78, 5) is 0. The Morgan fingerprint density at radius 1 is 1.62 bits per heavy atom. The highest BCUT2D eigenvalue weighted by Crippen LogP contribution is 2.07. The Bertz CT molecular complexity index is 430. The number of aliphatic hydroxyl groups excluding tert-OH is 1. The van der Waals surface area contributed by atoms with Crippen molar-refractivity contribution in [1.82, 2.24) is 9.78 Å². The molecular formula is C9H15BrN2O3S. The lowest BCUT2D eigenvalue weighted by atomic mass is 10.2. The van der Waals surface area contributed by atoms with Crippen molar-refractivity contribution in [2.45, 2.75) is 13.5 Å². The summed E-state index contributed by atoms with van der Waals surface area (Å²) in [7, 11) is -3.12. The number of hydrogen-bond donors (Lipinski definition) is 1. The molecule has 16 heavy (non-hydrogen) atoms. The van der Waals surface area contributed by atoms with E-state index in [1.807, 2.05) is 0 Å². The lowest BCUT2D eigenvalue weighted by molar-refractivity contribution is 0.249. The maximum atomic E-state index is 11.6. The van der Waals surface area contributed by atoms with Crippen LogP contribution >= 0.6 is 15.9 Å². The van der Waals surface area contributed by atoms with Gasteiger partial charge in [0.2, 0.25) is 0 Å². The second kappa shape index (κ2) is 5.79. The van der Waals surface area contributed by atoms with Crippen molar-refractivity contribution in [1.29, 1.82) is 0 Å². The van der Waals surface area contributed by atoms with E-state index in [2.05, 4.69) is 21.0 Å². The normalized spacial score (nSPS) is 13.9. The third-order valence-corrected chi connectivity index (χ3v) is 4.37. The molecule has 5 nitrogen and oxygen atoms in total. The number of aryl methyl sites for hydroxylation is 1.